The third-order valence-corrected chi connectivity index (χ3v) is 3.61. The number of hydrogen-bond donors (Lipinski definition) is 2. The number of piperidine rings is 1. The van der Waals surface area contributed by atoms with Crippen LogP contribution in [0.15, 0.2) is 18.2 Å². The Morgan fingerprint density at radius 3 is 3.00 bits per heavy atom. The summed E-state index contributed by atoms with van der Waals surface area (Å²) in [7, 11) is 0. The molecule has 110 valence electrons. The molecule has 6 heteroatoms. The first-order chi connectivity index (χ1) is 9.56. The van der Waals surface area contributed by atoms with Crippen LogP contribution < -0.4 is 10.6 Å². The molecule has 1 aliphatic rings. The Morgan fingerprint density at radius 2 is 2.35 bits per heavy atom. The van der Waals surface area contributed by atoms with E-state index in [1.54, 1.807) is 0 Å². The lowest BCUT2D eigenvalue weighted by Crippen LogP contribution is -2.37. The molecule has 0 amide bonds. The van der Waals surface area contributed by atoms with Crippen molar-refractivity contribution in [1.29, 1.82) is 0 Å². The van der Waals surface area contributed by atoms with Crippen LogP contribution in [0.25, 0.3) is 0 Å². The van der Waals surface area contributed by atoms with Crippen molar-refractivity contribution in [2.24, 2.45) is 0 Å². The number of nitro groups is 1. The number of rotatable bonds is 5. The first-order valence-electron chi connectivity index (χ1n) is 7.00. The molecule has 2 unspecified atom stereocenters. The van der Waals surface area contributed by atoms with Gasteiger partial charge in [-0.05, 0) is 44.9 Å². The second-order valence-electron chi connectivity index (χ2n) is 5.35. The number of benzene rings is 1. The first-order valence-corrected chi connectivity index (χ1v) is 7.00. The summed E-state index contributed by atoms with van der Waals surface area (Å²) in [5.41, 5.74) is 0.0967. The second kappa shape index (κ2) is 6.65. The monoisotopic (exact) mass is 281 g/mol. The molecule has 2 rings (SSSR count). The zero-order chi connectivity index (χ0) is 14.5. The fourth-order valence-corrected chi connectivity index (χ4v) is 2.64. The molecule has 0 aromatic heterocycles. The average Bonchev–Trinajstić information content (AvgIpc) is 2.41. The third kappa shape index (κ3) is 3.90. The lowest BCUT2D eigenvalue weighted by atomic mass is 9.98. The minimum atomic E-state index is -0.804. The zero-order valence-corrected chi connectivity index (χ0v) is 11.6. The molecule has 0 bridgehead atoms. The van der Waals surface area contributed by atoms with Crippen LogP contribution in [0.4, 0.5) is 15.8 Å². The largest absolute Gasteiger partial charge is 0.382 e. The Balaban J connectivity index is 1.95. The molecule has 0 saturated carbocycles. The molecule has 1 heterocycles. The van der Waals surface area contributed by atoms with Crippen LogP contribution in [0.3, 0.4) is 0 Å². The molecule has 0 radical (unpaired) electrons. The number of nitrogens with one attached hydrogen (secondary N) is 2. The lowest BCUT2D eigenvalue weighted by Gasteiger charge is -2.27. The molecule has 1 saturated heterocycles. The van der Waals surface area contributed by atoms with Gasteiger partial charge in [0, 0.05) is 23.8 Å². The van der Waals surface area contributed by atoms with E-state index in [0.29, 0.717) is 11.7 Å². The van der Waals surface area contributed by atoms with Gasteiger partial charge in [-0.25, -0.2) is 0 Å². The summed E-state index contributed by atoms with van der Waals surface area (Å²) in [6, 6.07) is 4.58. The summed E-state index contributed by atoms with van der Waals surface area (Å²) < 4.78 is 13.3. The summed E-state index contributed by atoms with van der Waals surface area (Å²) in [4.78, 5) is 10.0. The van der Waals surface area contributed by atoms with Crippen LogP contribution >= 0.6 is 0 Å². The predicted octanol–water partition coefficient (Wildman–Crippen LogP) is 3.07. The molecule has 1 aliphatic heterocycles. The third-order valence-electron chi connectivity index (χ3n) is 3.61. The Bertz CT molecular complexity index is 475. The maximum Gasteiger partial charge on any atom is 0.306 e. The van der Waals surface area contributed by atoms with Crippen molar-refractivity contribution < 1.29 is 9.31 Å². The van der Waals surface area contributed by atoms with Crippen molar-refractivity contribution in [2.75, 3.05) is 11.9 Å². The number of anilines is 1. The standard InChI is InChI=1S/C14H20FN3O2/c1-10(8-11-4-2-3-7-16-11)17-12-5-6-13(15)14(9-12)18(19)20/h5-6,9-11,16-17H,2-4,7-8H2,1H3. The normalized spacial score (nSPS) is 20.4. The number of nitrogens with zero attached hydrogens (tertiary/aromatic N) is 1. The zero-order valence-electron chi connectivity index (χ0n) is 11.6. The molecule has 20 heavy (non-hydrogen) atoms. The maximum absolute atomic E-state index is 13.3. The highest BCUT2D eigenvalue weighted by atomic mass is 19.1. The van der Waals surface area contributed by atoms with E-state index in [-0.39, 0.29) is 6.04 Å². The summed E-state index contributed by atoms with van der Waals surface area (Å²) in [5, 5.41) is 17.4. The summed E-state index contributed by atoms with van der Waals surface area (Å²) in [6.45, 7) is 3.09. The van der Waals surface area contributed by atoms with Gasteiger partial charge in [0.05, 0.1) is 4.92 Å². The van der Waals surface area contributed by atoms with Gasteiger partial charge in [-0.2, -0.15) is 4.39 Å². The predicted molar refractivity (Wildman–Crippen MR) is 76.4 cm³/mol. The molecule has 1 aromatic rings. The summed E-state index contributed by atoms with van der Waals surface area (Å²) >= 11 is 0. The van der Waals surface area contributed by atoms with Crippen LogP contribution in [0.5, 0.6) is 0 Å². The average molecular weight is 281 g/mol. The SMILES string of the molecule is CC(CC1CCCCN1)Nc1ccc(F)c([N+](=O)[O-])c1. The van der Waals surface area contributed by atoms with Crippen molar-refractivity contribution in [2.45, 2.75) is 44.7 Å². The molecule has 1 aromatic carbocycles. The summed E-state index contributed by atoms with van der Waals surface area (Å²) in [6.07, 6.45) is 4.58. The van der Waals surface area contributed by atoms with Crippen molar-refractivity contribution in [3.8, 4) is 0 Å². The molecule has 5 nitrogen and oxygen atoms in total. The van der Waals surface area contributed by atoms with Crippen LogP contribution in [-0.2, 0) is 0 Å². The van der Waals surface area contributed by atoms with E-state index < -0.39 is 16.4 Å². The van der Waals surface area contributed by atoms with Gasteiger partial charge >= 0.3 is 5.69 Å². The van der Waals surface area contributed by atoms with Crippen LogP contribution in [0.2, 0.25) is 0 Å². The van der Waals surface area contributed by atoms with Crippen molar-refractivity contribution >= 4 is 11.4 Å². The van der Waals surface area contributed by atoms with Gasteiger partial charge in [0.25, 0.3) is 0 Å². The van der Waals surface area contributed by atoms with Crippen molar-refractivity contribution in [1.82, 2.24) is 5.32 Å². The Hall–Kier alpha value is -1.69. The second-order valence-corrected chi connectivity index (χ2v) is 5.35. The van der Waals surface area contributed by atoms with Crippen molar-refractivity contribution in [3.63, 3.8) is 0 Å². The minimum Gasteiger partial charge on any atom is -0.382 e. The van der Waals surface area contributed by atoms with E-state index in [2.05, 4.69) is 10.6 Å². The Morgan fingerprint density at radius 1 is 1.55 bits per heavy atom. The molecule has 1 fully saturated rings. The highest BCUT2D eigenvalue weighted by Gasteiger charge is 2.18. The lowest BCUT2D eigenvalue weighted by molar-refractivity contribution is -0.387. The number of halogens is 1. The van der Waals surface area contributed by atoms with Crippen LogP contribution in [-0.4, -0.2) is 23.6 Å². The molecular weight excluding hydrogens is 261 g/mol. The number of hydrogen-bond acceptors (Lipinski definition) is 4. The Kier molecular flexibility index (Phi) is 4.89. The van der Waals surface area contributed by atoms with E-state index in [0.717, 1.165) is 25.5 Å². The van der Waals surface area contributed by atoms with E-state index in [9.17, 15) is 14.5 Å². The topological polar surface area (TPSA) is 67.2 Å². The smallest absolute Gasteiger partial charge is 0.306 e. The van der Waals surface area contributed by atoms with E-state index in [1.807, 2.05) is 6.92 Å². The fraction of sp³-hybridized carbons (Fsp3) is 0.571. The van der Waals surface area contributed by atoms with Gasteiger partial charge in [-0.1, -0.05) is 6.42 Å². The first kappa shape index (κ1) is 14.7. The van der Waals surface area contributed by atoms with Gasteiger partial charge in [0.1, 0.15) is 0 Å². The van der Waals surface area contributed by atoms with Gasteiger partial charge in [0.2, 0.25) is 5.82 Å². The van der Waals surface area contributed by atoms with Gasteiger partial charge < -0.3 is 10.6 Å². The molecule has 0 aliphatic carbocycles. The molecule has 0 spiro atoms. The Labute approximate surface area is 117 Å². The molecule has 2 atom stereocenters. The van der Waals surface area contributed by atoms with Gasteiger partial charge in [-0.15, -0.1) is 0 Å². The fourth-order valence-electron chi connectivity index (χ4n) is 2.64. The maximum atomic E-state index is 13.3. The quantitative estimate of drug-likeness (QED) is 0.643. The highest BCUT2D eigenvalue weighted by molar-refractivity contribution is 5.52. The van der Waals surface area contributed by atoms with Crippen LogP contribution in [0, 0.1) is 15.9 Å². The van der Waals surface area contributed by atoms with E-state index in [4.69, 9.17) is 0 Å². The van der Waals surface area contributed by atoms with E-state index in [1.165, 1.54) is 25.0 Å². The van der Waals surface area contributed by atoms with Crippen LogP contribution in [0.1, 0.15) is 32.6 Å². The highest BCUT2D eigenvalue weighted by Crippen LogP contribution is 2.23. The van der Waals surface area contributed by atoms with E-state index >= 15 is 0 Å². The van der Waals surface area contributed by atoms with Crippen molar-refractivity contribution in [3.05, 3.63) is 34.1 Å². The molecule has 2 N–H and O–H groups in total. The van der Waals surface area contributed by atoms with Gasteiger partial charge in [-0.3, -0.25) is 10.1 Å². The number of nitro benzene ring substituents is 1. The summed E-state index contributed by atoms with van der Waals surface area (Å²) in [5.74, 6) is -0.804. The van der Waals surface area contributed by atoms with Gasteiger partial charge in [0.15, 0.2) is 0 Å². The minimum absolute atomic E-state index is 0.177. The molecular formula is C14H20FN3O2.